The number of rotatable bonds is 6. The molecule has 0 saturated heterocycles. The summed E-state index contributed by atoms with van der Waals surface area (Å²) in [6, 6.07) is 15.5. The molecule has 0 radical (unpaired) electrons. The molecule has 0 unspecified atom stereocenters. The van der Waals surface area contributed by atoms with Crippen molar-refractivity contribution in [3.63, 3.8) is 0 Å². The van der Waals surface area contributed by atoms with Gasteiger partial charge in [-0.3, -0.25) is 4.90 Å². The lowest BCUT2D eigenvalue weighted by Gasteiger charge is -2.24. The number of nitrogen functional groups attached to an aromatic ring is 1. The largest absolute Gasteiger partial charge is 0.493 e. The maximum Gasteiger partial charge on any atom is 0.237 e. The first-order valence-corrected chi connectivity index (χ1v) is 10.2. The van der Waals surface area contributed by atoms with Gasteiger partial charge in [-0.1, -0.05) is 6.07 Å². The number of ether oxygens (including phenoxy) is 2. The average Bonchev–Trinajstić information content (AvgIpc) is 3.16. The molecule has 0 aliphatic carbocycles. The highest BCUT2D eigenvalue weighted by Gasteiger charge is 2.23. The summed E-state index contributed by atoms with van der Waals surface area (Å²) in [6.07, 6.45) is 1.63. The van der Waals surface area contributed by atoms with Crippen LogP contribution < -0.4 is 20.1 Å². The summed E-state index contributed by atoms with van der Waals surface area (Å²) in [6.45, 7) is 6.13. The van der Waals surface area contributed by atoms with Crippen LogP contribution in [-0.4, -0.2) is 34.0 Å². The van der Waals surface area contributed by atoms with Crippen LogP contribution in [0.4, 0.5) is 23.3 Å². The molecule has 2 heterocycles. The van der Waals surface area contributed by atoms with Crippen LogP contribution in [0.5, 0.6) is 11.5 Å². The van der Waals surface area contributed by atoms with Gasteiger partial charge in [-0.25, -0.2) is 9.67 Å². The number of hydrogen-bond acceptors (Lipinski definition) is 7. The van der Waals surface area contributed by atoms with E-state index in [4.69, 9.17) is 20.3 Å². The topological polar surface area (TPSA) is 91.3 Å². The van der Waals surface area contributed by atoms with E-state index in [0.717, 1.165) is 22.9 Å². The lowest BCUT2D eigenvalue weighted by atomic mass is 10.1. The van der Waals surface area contributed by atoms with Crippen LogP contribution in [0.3, 0.4) is 0 Å². The Balaban J connectivity index is 1.95. The molecule has 8 heteroatoms. The average molecular weight is 431 g/mol. The fourth-order valence-electron chi connectivity index (χ4n) is 3.48. The van der Waals surface area contributed by atoms with Gasteiger partial charge < -0.3 is 15.2 Å². The van der Waals surface area contributed by atoms with E-state index in [-0.39, 0.29) is 0 Å². The summed E-state index contributed by atoms with van der Waals surface area (Å²) in [5.74, 6) is 2.77. The molecule has 0 spiro atoms. The van der Waals surface area contributed by atoms with Gasteiger partial charge in [0.05, 0.1) is 31.3 Å². The fraction of sp³-hybridized carbons (Fsp3) is 0.208. The second-order valence-corrected chi connectivity index (χ2v) is 7.48. The van der Waals surface area contributed by atoms with Crippen molar-refractivity contribution < 1.29 is 9.47 Å². The zero-order valence-corrected chi connectivity index (χ0v) is 18.8. The summed E-state index contributed by atoms with van der Waals surface area (Å²) in [7, 11) is 3.21. The van der Waals surface area contributed by atoms with Gasteiger partial charge in [0.2, 0.25) is 5.95 Å². The van der Waals surface area contributed by atoms with E-state index < -0.39 is 0 Å². The van der Waals surface area contributed by atoms with Crippen molar-refractivity contribution in [3.8, 4) is 17.2 Å². The minimum absolute atomic E-state index is 0.370. The van der Waals surface area contributed by atoms with Crippen molar-refractivity contribution in [2.75, 3.05) is 24.9 Å². The highest BCUT2D eigenvalue weighted by Crippen LogP contribution is 2.39. The van der Waals surface area contributed by atoms with E-state index in [1.807, 2.05) is 46.8 Å². The zero-order valence-electron chi connectivity index (χ0n) is 18.8. The van der Waals surface area contributed by atoms with Crippen LogP contribution in [0.25, 0.3) is 5.69 Å². The predicted octanol–water partition coefficient (Wildman–Crippen LogP) is 4.66. The summed E-state index contributed by atoms with van der Waals surface area (Å²) >= 11 is 0. The van der Waals surface area contributed by atoms with Crippen molar-refractivity contribution >= 4 is 23.3 Å². The quantitative estimate of drug-likeness (QED) is 0.476. The van der Waals surface area contributed by atoms with E-state index >= 15 is 0 Å². The molecule has 0 amide bonds. The van der Waals surface area contributed by atoms with Crippen molar-refractivity contribution in [1.82, 2.24) is 19.7 Å². The standard InChI is InChI=1S/C24H26N6O2/c1-15-6-7-19(12-16(15)2)30-23(13-17(3)28-30)29(24-26-11-10-22(25)27-24)18-8-9-20(31-4)21(14-18)32-5/h6-14H,1-5H3,(H2,25,26,27). The summed E-state index contributed by atoms with van der Waals surface area (Å²) < 4.78 is 12.8. The molecule has 0 saturated carbocycles. The first-order chi connectivity index (χ1) is 15.4. The Morgan fingerprint density at radius 3 is 2.34 bits per heavy atom. The van der Waals surface area contributed by atoms with Crippen molar-refractivity contribution in [2.45, 2.75) is 20.8 Å². The Morgan fingerprint density at radius 1 is 0.875 bits per heavy atom. The number of aromatic nitrogens is 4. The third kappa shape index (κ3) is 3.94. The molecular weight excluding hydrogens is 404 g/mol. The van der Waals surface area contributed by atoms with Crippen LogP contribution in [0.15, 0.2) is 54.7 Å². The molecule has 0 fully saturated rings. The van der Waals surface area contributed by atoms with Crippen LogP contribution in [-0.2, 0) is 0 Å². The van der Waals surface area contributed by atoms with Crippen molar-refractivity contribution in [3.05, 3.63) is 71.5 Å². The number of nitrogens with zero attached hydrogens (tertiary/aromatic N) is 5. The van der Waals surface area contributed by atoms with Gasteiger partial charge in [0.25, 0.3) is 0 Å². The minimum Gasteiger partial charge on any atom is -0.493 e. The van der Waals surface area contributed by atoms with E-state index in [1.165, 1.54) is 11.1 Å². The van der Waals surface area contributed by atoms with E-state index in [1.54, 1.807) is 26.5 Å². The highest BCUT2D eigenvalue weighted by molar-refractivity contribution is 5.74. The monoisotopic (exact) mass is 430 g/mol. The van der Waals surface area contributed by atoms with Gasteiger partial charge in [0, 0.05) is 18.3 Å². The molecule has 4 aromatic rings. The van der Waals surface area contributed by atoms with Gasteiger partial charge in [0.1, 0.15) is 11.6 Å². The maximum absolute atomic E-state index is 6.00. The predicted molar refractivity (Wildman–Crippen MR) is 126 cm³/mol. The van der Waals surface area contributed by atoms with E-state index in [2.05, 4.69) is 35.9 Å². The normalized spacial score (nSPS) is 10.8. The summed E-state index contributed by atoms with van der Waals surface area (Å²) in [5.41, 5.74) is 11.0. The second kappa shape index (κ2) is 8.58. The highest BCUT2D eigenvalue weighted by atomic mass is 16.5. The Hall–Kier alpha value is -4.07. The van der Waals surface area contributed by atoms with Crippen LogP contribution in [0.1, 0.15) is 16.8 Å². The number of hydrogen-bond donors (Lipinski definition) is 1. The van der Waals surface area contributed by atoms with Gasteiger partial charge >= 0.3 is 0 Å². The van der Waals surface area contributed by atoms with Gasteiger partial charge in [-0.15, -0.1) is 0 Å². The molecule has 0 aliphatic heterocycles. The molecule has 32 heavy (non-hydrogen) atoms. The van der Waals surface area contributed by atoms with Crippen molar-refractivity contribution in [2.24, 2.45) is 0 Å². The molecular formula is C24H26N6O2. The van der Waals surface area contributed by atoms with E-state index in [0.29, 0.717) is 23.3 Å². The Labute approximate surface area is 187 Å². The van der Waals surface area contributed by atoms with Gasteiger partial charge in [0.15, 0.2) is 11.5 Å². The first kappa shape index (κ1) is 21.2. The molecule has 0 atom stereocenters. The molecule has 164 valence electrons. The molecule has 0 bridgehead atoms. The molecule has 2 N–H and O–H groups in total. The third-order valence-electron chi connectivity index (χ3n) is 5.27. The van der Waals surface area contributed by atoms with Gasteiger partial charge in [-0.05, 0) is 62.2 Å². The number of nitrogens with two attached hydrogens (primary N) is 1. The van der Waals surface area contributed by atoms with Crippen LogP contribution in [0.2, 0.25) is 0 Å². The summed E-state index contributed by atoms with van der Waals surface area (Å²) in [5, 5.41) is 4.75. The summed E-state index contributed by atoms with van der Waals surface area (Å²) in [4.78, 5) is 10.9. The number of aryl methyl sites for hydroxylation is 3. The first-order valence-electron chi connectivity index (χ1n) is 10.2. The molecule has 0 aliphatic rings. The SMILES string of the molecule is COc1ccc(N(c2nccc(N)n2)c2cc(C)nn2-c2ccc(C)c(C)c2)cc1OC. The minimum atomic E-state index is 0.370. The lowest BCUT2D eigenvalue weighted by molar-refractivity contribution is 0.355. The zero-order chi connectivity index (χ0) is 22.8. The third-order valence-corrected chi connectivity index (χ3v) is 5.27. The Bertz CT molecular complexity index is 1270. The molecule has 4 rings (SSSR count). The molecule has 8 nitrogen and oxygen atoms in total. The smallest absolute Gasteiger partial charge is 0.237 e. The Morgan fingerprint density at radius 2 is 1.66 bits per heavy atom. The van der Waals surface area contributed by atoms with Crippen LogP contribution in [0, 0.1) is 20.8 Å². The maximum atomic E-state index is 6.00. The van der Waals surface area contributed by atoms with Gasteiger partial charge in [-0.2, -0.15) is 10.1 Å². The van der Waals surface area contributed by atoms with E-state index in [9.17, 15) is 0 Å². The number of anilines is 4. The van der Waals surface area contributed by atoms with Crippen LogP contribution >= 0.6 is 0 Å². The number of methoxy groups -OCH3 is 2. The Kier molecular flexibility index (Phi) is 5.68. The molecule has 2 aromatic carbocycles. The fourth-order valence-corrected chi connectivity index (χ4v) is 3.48. The van der Waals surface area contributed by atoms with Crippen molar-refractivity contribution in [1.29, 1.82) is 0 Å². The second-order valence-electron chi connectivity index (χ2n) is 7.48. The lowest BCUT2D eigenvalue weighted by Crippen LogP contribution is -2.18. The molecule has 2 aromatic heterocycles. The number of benzene rings is 2.